The van der Waals surface area contributed by atoms with E-state index in [0.717, 1.165) is 5.56 Å². The van der Waals surface area contributed by atoms with Gasteiger partial charge in [-0.15, -0.1) is 0 Å². The second kappa shape index (κ2) is 11.6. The third kappa shape index (κ3) is 6.16. The van der Waals surface area contributed by atoms with Crippen LogP contribution in [-0.4, -0.2) is 12.5 Å². The average molecular weight is 472 g/mol. The van der Waals surface area contributed by atoms with Crippen LogP contribution < -0.4 is 14.8 Å². The van der Waals surface area contributed by atoms with Gasteiger partial charge in [0.25, 0.3) is 5.91 Å². The van der Waals surface area contributed by atoms with Gasteiger partial charge in [0.15, 0.2) is 11.5 Å². The summed E-state index contributed by atoms with van der Waals surface area (Å²) in [5.74, 6) is 0.150. The van der Waals surface area contributed by atoms with Crippen LogP contribution in [0.1, 0.15) is 29.2 Å². The number of hydrogen-bond acceptors (Lipinski definition) is 5. The Labute approximate surface area is 203 Å². The number of carbonyl (C=O) groups is 1. The maximum atomic E-state index is 12.6. The van der Waals surface area contributed by atoms with Crippen LogP contribution in [0.15, 0.2) is 66.2 Å². The molecule has 0 fully saturated rings. The Morgan fingerprint density at radius 1 is 1.09 bits per heavy atom. The van der Waals surface area contributed by atoms with E-state index in [1.54, 1.807) is 42.5 Å². The van der Waals surface area contributed by atoms with Crippen LogP contribution in [0.25, 0.3) is 6.08 Å². The molecule has 0 unspecified atom stereocenters. The van der Waals surface area contributed by atoms with E-state index in [2.05, 4.69) is 11.4 Å². The molecule has 3 aromatic rings. The number of hydrogen-bond donors (Lipinski definition) is 1. The maximum absolute atomic E-state index is 12.6. The zero-order valence-corrected chi connectivity index (χ0v) is 19.5. The number of carbonyl (C=O) groups excluding carboxylic acids is 1. The van der Waals surface area contributed by atoms with E-state index < -0.39 is 5.91 Å². The predicted octanol–water partition coefficient (Wildman–Crippen LogP) is 6.04. The number of rotatable bonds is 8. The monoisotopic (exact) mass is 471 g/mol. The van der Waals surface area contributed by atoms with Gasteiger partial charge in [0.2, 0.25) is 0 Å². The predicted molar refractivity (Wildman–Crippen MR) is 132 cm³/mol. The molecule has 0 aliphatic rings. The average Bonchev–Trinajstić information content (AvgIpc) is 2.83. The molecule has 1 N–H and O–H groups in total. The van der Waals surface area contributed by atoms with E-state index in [1.807, 2.05) is 38.1 Å². The third-order valence-electron chi connectivity index (χ3n) is 4.83. The minimum absolute atomic E-state index is 0.0873. The lowest BCUT2D eigenvalue weighted by atomic mass is 10.1. The first-order valence-electron chi connectivity index (χ1n) is 10.5. The van der Waals surface area contributed by atoms with Gasteiger partial charge in [0, 0.05) is 11.3 Å². The molecule has 0 spiro atoms. The van der Waals surface area contributed by atoms with Crippen molar-refractivity contribution in [2.75, 3.05) is 11.9 Å². The minimum atomic E-state index is -0.533. The zero-order chi connectivity index (χ0) is 24.5. The maximum Gasteiger partial charge on any atom is 0.266 e. The fourth-order valence-electron chi connectivity index (χ4n) is 3.13. The van der Waals surface area contributed by atoms with Gasteiger partial charge in [0.1, 0.15) is 18.2 Å². The molecule has 34 heavy (non-hydrogen) atoms. The quantitative estimate of drug-likeness (QED) is 0.319. The summed E-state index contributed by atoms with van der Waals surface area (Å²) in [5.41, 5.74) is 3.29. The summed E-state index contributed by atoms with van der Waals surface area (Å²) >= 11 is 6.48. The Kier molecular flexibility index (Phi) is 8.29. The molecule has 6 nitrogen and oxygen atoms in total. The van der Waals surface area contributed by atoms with E-state index in [9.17, 15) is 15.3 Å². The highest BCUT2D eigenvalue weighted by Crippen LogP contribution is 2.38. The second-order valence-corrected chi connectivity index (χ2v) is 7.72. The molecule has 170 valence electrons. The van der Waals surface area contributed by atoms with Crippen LogP contribution in [-0.2, 0) is 11.4 Å². The Morgan fingerprint density at radius 2 is 1.82 bits per heavy atom. The highest BCUT2D eigenvalue weighted by atomic mass is 35.5. The van der Waals surface area contributed by atoms with E-state index in [-0.39, 0.29) is 17.2 Å². The standard InChI is InChI=1S/C27H22ClN3O3/c1-3-33-25-14-19(12-22(16-30)27(32)31-23-10-8-18(2)9-11-23)13-24(28)26(25)34-17-21-7-5-4-6-20(21)15-29/h4-14H,3,17H2,1-2H3,(H,31,32)/b22-12+. The topological polar surface area (TPSA) is 95.1 Å². The van der Waals surface area contributed by atoms with Gasteiger partial charge in [-0.1, -0.05) is 47.5 Å². The van der Waals surface area contributed by atoms with Crippen molar-refractivity contribution in [3.63, 3.8) is 0 Å². The minimum Gasteiger partial charge on any atom is -0.490 e. The summed E-state index contributed by atoms with van der Waals surface area (Å²) in [5, 5.41) is 21.8. The Hall–Kier alpha value is -4.26. The second-order valence-electron chi connectivity index (χ2n) is 7.31. The first-order valence-corrected chi connectivity index (χ1v) is 10.9. The van der Waals surface area contributed by atoms with Crippen molar-refractivity contribution >= 4 is 29.3 Å². The van der Waals surface area contributed by atoms with Gasteiger partial charge in [-0.05, 0) is 55.8 Å². The molecule has 1 amide bonds. The summed E-state index contributed by atoms with van der Waals surface area (Å²) in [6, 6.07) is 21.7. The van der Waals surface area contributed by atoms with Crippen molar-refractivity contribution in [3.05, 3.63) is 93.5 Å². The summed E-state index contributed by atoms with van der Waals surface area (Å²) in [6.07, 6.45) is 1.44. The van der Waals surface area contributed by atoms with Crippen LogP contribution in [0.3, 0.4) is 0 Å². The van der Waals surface area contributed by atoms with Crippen molar-refractivity contribution in [1.29, 1.82) is 10.5 Å². The molecule has 0 radical (unpaired) electrons. The number of nitriles is 2. The summed E-state index contributed by atoms with van der Waals surface area (Å²) in [6.45, 7) is 4.25. The van der Waals surface area contributed by atoms with Crippen molar-refractivity contribution < 1.29 is 14.3 Å². The summed E-state index contributed by atoms with van der Waals surface area (Å²) in [4.78, 5) is 12.6. The number of anilines is 1. The number of halogens is 1. The molecule has 3 aromatic carbocycles. The number of amides is 1. The smallest absolute Gasteiger partial charge is 0.266 e. The van der Waals surface area contributed by atoms with Crippen LogP contribution in [0.2, 0.25) is 5.02 Å². The molecule has 7 heteroatoms. The Balaban J connectivity index is 1.86. The van der Waals surface area contributed by atoms with E-state index >= 15 is 0 Å². The van der Waals surface area contributed by atoms with Gasteiger partial charge >= 0.3 is 0 Å². The molecule has 0 saturated heterocycles. The summed E-state index contributed by atoms with van der Waals surface area (Å²) < 4.78 is 11.6. The lowest BCUT2D eigenvalue weighted by Gasteiger charge is -2.15. The lowest BCUT2D eigenvalue weighted by molar-refractivity contribution is -0.112. The van der Waals surface area contributed by atoms with Crippen LogP contribution in [0, 0.1) is 29.6 Å². The molecule has 0 saturated carbocycles. The first-order chi connectivity index (χ1) is 16.4. The molecule has 0 aromatic heterocycles. The number of aryl methyl sites for hydroxylation is 1. The Morgan fingerprint density at radius 3 is 2.50 bits per heavy atom. The van der Waals surface area contributed by atoms with E-state index in [1.165, 1.54) is 6.08 Å². The summed E-state index contributed by atoms with van der Waals surface area (Å²) in [7, 11) is 0. The highest BCUT2D eigenvalue weighted by molar-refractivity contribution is 6.32. The molecular formula is C27H22ClN3O3. The molecule has 3 rings (SSSR count). The van der Waals surface area contributed by atoms with Gasteiger partial charge in [-0.3, -0.25) is 4.79 Å². The van der Waals surface area contributed by atoms with Gasteiger partial charge in [0.05, 0.1) is 23.3 Å². The number of ether oxygens (including phenoxy) is 2. The van der Waals surface area contributed by atoms with E-state index in [0.29, 0.717) is 40.5 Å². The molecule has 0 heterocycles. The highest BCUT2D eigenvalue weighted by Gasteiger charge is 2.15. The fraction of sp³-hybridized carbons (Fsp3) is 0.148. The van der Waals surface area contributed by atoms with Crippen molar-refractivity contribution in [1.82, 2.24) is 0 Å². The van der Waals surface area contributed by atoms with Crippen LogP contribution in [0.5, 0.6) is 11.5 Å². The van der Waals surface area contributed by atoms with Crippen LogP contribution >= 0.6 is 11.6 Å². The first kappa shape index (κ1) is 24.4. The molecule has 0 aliphatic carbocycles. The van der Waals surface area contributed by atoms with Crippen molar-refractivity contribution in [2.45, 2.75) is 20.5 Å². The van der Waals surface area contributed by atoms with Crippen molar-refractivity contribution in [2.24, 2.45) is 0 Å². The largest absolute Gasteiger partial charge is 0.490 e. The number of nitrogens with one attached hydrogen (secondary N) is 1. The molecule has 0 bridgehead atoms. The van der Waals surface area contributed by atoms with Crippen LogP contribution in [0.4, 0.5) is 5.69 Å². The Bertz CT molecular complexity index is 1300. The van der Waals surface area contributed by atoms with Crippen molar-refractivity contribution in [3.8, 4) is 23.6 Å². The number of benzene rings is 3. The SMILES string of the molecule is CCOc1cc(/C=C(\C#N)C(=O)Nc2ccc(C)cc2)cc(Cl)c1OCc1ccccc1C#N. The molecule has 0 aliphatic heterocycles. The molecule has 0 atom stereocenters. The zero-order valence-electron chi connectivity index (χ0n) is 18.8. The molecular weight excluding hydrogens is 450 g/mol. The van der Waals surface area contributed by atoms with Gasteiger partial charge < -0.3 is 14.8 Å². The van der Waals surface area contributed by atoms with Gasteiger partial charge in [-0.2, -0.15) is 10.5 Å². The normalized spacial score (nSPS) is 10.7. The van der Waals surface area contributed by atoms with E-state index in [4.69, 9.17) is 21.1 Å². The lowest BCUT2D eigenvalue weighted by Crippen LogP contribution is -2.13. The number of nitrogens with zero attached hydrogens (tertiary/aromatic N) is 2. The van der Waals surface area contributed by atoms with Gasteiger partial charge in [-0.25, -0.2) is 0 Å². The fourth-order valence-corrected chi connectivity index (χ4v) is 3.40. The third-order valence-corrected chi connectivity index (χ3v) is 5.11.